The largest absolute Gasteiger partial charge is 0.399 e. The number of hydrogen-bond donors (Lipinski definition) is 6. The zero-order valence-electron chi connectivity index (χ0n) is 22.7. The summed E-state index contributed by atoms with van der Waals surface area (Å²) in [5.41, 5.74) is 33.6. The van der Waals surface area contributed by atoms with Crippen molar-refractivity contribution in [3.8, 4) is 22.3 Å². The summed E-state index contributed by atoms with van der Waals surface area (Å²) in [4.78, 5) is 27.5. The third-order valence-corrected chi connectivity index (χ3v) is 6.67. The smallest absolute Gasteiger partial charge is 0.269 e. The van der Waals surface area contributed by atoms with Gasteiger partial charge in [0.1, 0.15) is 23.8 Å². The lowest BCUT2D eigenvalue weighted by Gasteiger charge is -2.26. The summed E-state index contributed by atoms with van der Waals surface area (Å²) in [5.74, 6) is -0.108. The van der Waals surface area contributed by atoms with Crippen LogP contribution in [0.5, 0.6) is 0 Å². The van der Waals surface area contributed by atoms with Gasteiger partial charge in [0.05, 0.1) is 22.9 Å². The van der Waals surface area contributed by atoms with E-state index >= 15 is 0 Å². The first-order valence-electron chi connectivity index (χ1n) is 12.9. The first kappa shape index (κ1) is 28.7. The van der Waals surface area contributed by atoms with E-state index in [0.717, 1.165) is 0 Å². The van der Waals surface area contributed by atoms with E-state index in [2.05, 4.69) is 19.9 Å². The first-order chi connectivity index (χ1) is 20.6. The predicted molar refractivity (Wildman–Crippen MR) is 163 cm³/mol. The lowest BCUT2D eigenvalue weighted by atomic mass is 9.95. The second-order valence-corrected chi connectivity index (χ2v) is 9.53. The van der Waals surface area contributed by atoms with Crippen LogP contribution in [0.4, 0.5) is 34.9 Å². The van der Waals surface area contributed by atoms with E-state index in [-0.39, 0.29) is 41.5 Å². The Balaban J connectivity index is 1.56. The molecule has 0 amide bonds. The second-order valence-electron chi connectivity index (χ2n) is 9.53. The molecule has 3 aromatic carbocycles. The molecule has 2 atom stereocenters. The molecule has 2 unspecified atom stereocenters. The average molecular weight is 581 g/mol. The number of rotatable bonds is 9. The van der Waals surface area contributed by atoms with Crippen molar-refractivity contribution in [1.82, 2.24) is 19.9 Å². The minimum atomic E-state index is -1.39. The number of aliphatic hydroxyl groups is 1. The Morgan fingerprint density at radius 3 is 1.93 bits per heavy atom. The number of ether oxygens (including phenoxy) is 1. The second kappa shape index (κ2) is 11.9. The van der Waals surface area contributed by atoms with Crippen LogP contribution in [0.2, 0.25) is 0 Å². The van der Waals surface area contributed by atoms with Gasteiger partial charge in [0.2, 0.25) is 11.9 Å². The molecule has 0 aliphatic rings. The molecule has 218 valence electrons. The number of hydrogen-bond acceptors (Lipinski definition) is 13. The van der Waals surface area contributed by atoms with Crippen molar-refractivity contribution in [2.24, 2.45) is 0 Å². The van der Waals surface area contributed by atoms with Gasteiger partial charge in [0.25, 0.3) is 5.69 Å². The summed E-state index contributed by atoms with van der Waals surface area (Å²) in [6.07, 6.45) is -2.40. The quantitative estimate of drug-likeness (QED) is 0.0831. The van der Waals surface area contributed by atoms with Crippen LogP contribution in [0.25, 0.3) is 22.3 Å². The Hall–Kier alpha value is -5.86. The van der Waals surface area contributed by atoms with Crippen molar-refractivity contribution in [1.29, 1.82) is 0 Å². The fourth-order valence-corrected chi connectivity index (χ4v) is 4.71. The SMILES string of the molecule is Nc1ccc(-c2c(N)nc(N)nc2C(O)C(OCc2nc(N)nc(N)c2-c2ccc([N+](=O)[O-])cc2)c2ccccc2)cc1. The number of aromatic nitrogens is 4. The van der Waals surface area contributed by atoms with Crippen molar-refractivity contribution in [2.45, 2.75) is 18.8 Å². The molecule has 5 rings (SSSR count). The highest BCUT2D eigenvalue weighted by atomic mass is 16.6. The number of nitrogens with two attached hydrogens (primary N) is 5. The molecule has 0 aliphatic heterocycles. The molecule has 0 radical (unpaired) electrons. The van der Waals surface area contributed by atoms with E-state index in [9.17, 15) is 15.2 Å². The van der Waals surface area contributed by atoms with Gasteiger partial charge < -0.3 is 38.5 Å². The fraction of sp³-hybridized carbons (Fsp3) is 0.103. The van der Waals surface area contributed by atoms with Gasteiger partial charge in [0.15, 0.2) is 0 Å². The lowest BCUT2D eigenvalue weighted by Crippen LogP contribution is -2.19. The lowest BCUT2D eigenvalue weighted by molar-refractivity contribution is -0.384. The zero-order valence-corrected chi connectivity index (χ0v) is 22.7. The number of non-ortho nitro benzene ring substituents is 1. The van der Waals surface area contributed by atoms with Gasteiger partial charge in [-0.2, -0.15) is 9.97 Å². The summed E-state index contributed by atoms with van der Waals surface area (Å²) in [6, 6.07) is 21.6. The highest BCUT2D eigenvalue weighted by molar-refractivity contribution is 5.78. The van der Waals surface area contributed by atoms with Crippen LogP contribution in [0, 0.1) is 10.1 Å². The molecule has 0 aliphatic carbocycles. The van der Waals surface area contributed by atoms with E-state index in [0.29, 0.717) is 39.2 Å². The number of nitro benzene ring substituents is 1. The van der Waals surface area contributed by atoms with Crippen LogP contribution in [-0.2, 0) is 11.3 Å². The van der Waals surface area contributed by atoms with Crippen LogP contribution < -0.4 is 28.7 Å². The number of nitrogen functional groups attached to an aromatic ring is 5. The van der Waals surface area contributed by atoms with Crippen LogP contribution in [-0.4, -0.2) is 30.0 Å². The van der Waals surface area contributed by atoms with Gasteiger partial charge in [-0.1, -0.05) is 42.5 Å². The molecule has 0 bridgehead atoms. The highest BCUT2D eigenvalue weighted by Crippen LogP contribution is 2.40. The van der Waals surface area contributed by atoms with Crippen LogP contribution in [0.1, 0.15) is 29.2 Å². The minimum Gasteiger partial charge on any atom is -0.399 e. The number of benzene rings is 3. The molecule has 2 aromatic heterocycles. The van der Waals surface area contributed by atoms with E-state index in [1.165, 1.54) is 24.3 Å². The Bertz CT molecular complexity index is 1770. The molecule has 43 heavy (non-hydrogen) atoms. The summed E-state index contributed by atoms with van der Waals surface area (Å²) in [7, 11) is 0. The van der Waals surface area contributed by atoms with Crippen LogP contribution in [0.15, 0.2) is 78.9 Å². The van der Waals surface area contributed by atoms with Crippen molar-refractivity contribution in [2.75, 3.05) is 28.7 Å². The molecular weight excluding hydrogens is 552 g/mol. The number of aliphatic hydroxyl groups excluding tert-OH is 1. The summed E-state index contributed by atoms with van der Waals surface area (Å²) in [6.45, 7) is -0.187. The maximum absolute atomic E-state index is 11.8. The van der Waals surface area contributed by atoms with E-state index in [1.807, 2.05) is 6.07 Å². The molecule has 5 aromatic rings. The normalized spacial score (nSPS) is 12.5. The molecule has 0 saturated heterocycles. The number of nitro groups is 1. The van der Waals surface area contributed by atoms with Crippen molar-refractivity contribution in [3.63, 3.8) is 0 Å². The van der Waals surface area contributed by atoms with Crippen LogP contribution >= 0.6 is 0 Å². The number of anilines is 5. The summed E-state index contributed by atoms with van der Waals surface area (Å²) in [5, 5.41) is 23.0. The van der Waals surface area contributed by atoms with Crippen molar-refractivity contribution >= 4 is 34.9 Å². The molecule has 11 N–H and O–H groups in total. The van der Waals surface area contributed by atoms with Gasteiger partial charge in [-0.25, -0.2) is 9.97 Å². The third-order valence-electron chi connectivity index (χ3n) is 6.67. The van der Waals surface area contributed by atoms with Gasteiger partial charge in [-0.05, 0) is 41.0 Å². The molecule has 0 spiro atoms. The summed E-state index contributed by atoms with van der Waals surface area (Å²) < 4.78 is 6.33. The third kappa shape index (κ3) is 6.09. The topological polar surface area (TPSA) is 254 Å². The monoisotopic (exact) mass is 580 g/mol. The molecule has 0 fully saturated rings. The molecular formula is C29H28N10O4. The van der Waals surface area contributed by atoms with Crippen LogP contribution in [0.3, 0.4) is 0 Å². The van der Waals surface area contributed by atoms with Gasteiger partial charge in [0, 0.05) is 28.9 Å². The van der Waals surface area contributed by atoms with E-state index in [4.69, 9.17) is 33.4 Å². The Morgan fingerprint density at radius 1 is 0.744 bits per heavy atom. The summed E-state index contributed by atoms with van der Waals surface area (Å²) >= 11 is 0. The van der Waals surface area contributed by atoms with E-state index < -0.39 is 17.1 Å². The first-order valence-corrected chi connectivity index (χ1v) is 12.9. The zero-order chi connectivity index (χ0) is 30.7. The molecule has 0 saturated carbocycles. The van der Waals surface area contributed by atoms with Crippen molar-refractivity contribution in [3.05, 3.63) is 106 Å². The van der Waals surface area contributed by atoms with E-state index in [1.54, 1.807) is 48.5 Å². The fourth-order valence-electron chi connectivity index (χ4n) is 4.71. The van der Waals surface area contributed by atoms with Gasteiger partial charge in [-0.15, -0.1) is 0 Å². The predicted octanol–water partition coefficient (Wildman–Crippen LogP) is 3.41. The Labute approximate surface area is 245 Å². The highest BCUT2D eigenvalue weighted by Gasteiger charge is 2.30. The number of nitrogens with zero attached hydrogens (tertiary/aromatic N) is 5. The molecule has 14 nitrogen and oxygen atoms in total. The minimum absolute atomic E-state index is 0.0544. The van der Waals surface area contributed by atoms with Gasteiger partial charge in [-0.3, -0.25) is 10.1 Å². The molecule has 2 heterocycles. The Morgan fingerprint density at radius 2 is 1.30 bits per heavy atom. The average Bonchev–Trinajstić information content (AvgIpc) is 2.98. The molecule has 14 heteroatoms. The standard InChI is InChI=1S/C29H28N10O4/c30-18-10-6-16(7-11-18)22-23(36-29(34)38-27(22)32)24(40)25(17-4-2-1-3-5-17)43-14-20-21(26(31)37-28(33)35-20)15-8-12-19(13-9-15)39(41)42/h1-13,24-25,40H,14,30H2,(H4,31,33,35,37)(H4,32,34,36,38). The maximum Gasteiger partial charge on any atom is 0.269 e. The Kier molecular flexibility index (Phi) is 7.96. The van der Waals surface area contributed by atoms with Gasteiger partial charge >= 0.3 is 0 Å². The van der Waals surface area contributed by atoms with Crippen molar-refractivity contribution < 1.29 is 14.8 Å². The maximum atomic E-state index is 11.8.